The van der Waals surface area contributed by atoms with E-state index in [1.54, 1.807) is 5.38 Å². The van der Waals surface area contributed by atoms with Gasteiger partial charge in [-0.05, 0) is 19.1 Å². The molecule has 0 amide bonds. The van der Waals surface area contributed by atoms with E-state index in [-0.39, 0.29) is 6.42 Å². The maximum Gasteiger partial charge on any atom is 0.182 e. The van der Waals surface area contributed by atoms with Gasteiger partial charge in [-0.15, -0.1) is 11.3 Å². The van der Waals surface area contributed by atoms with Crippen molar-refractivity contribution in [2.75, 3.05) is 18.5 Å². The SMILES string of the molecule is Cc1ccc(OCCNc2nc(CC(=O)[O-])cs2)cc1. The van der Waals surface area contributed by atoms with Gasteiger partial charge >= 0.3 is 0 Å². The lowest BCUT2D eigenvalue weighted by atomic mass is 10.2. The molecule has 106 valence electrons. The van der Waals surface area contributed by atoms with Gasteiger partial charge in [0, 0.05) is 17.8 Å². The van der Waals surface area contributed by atoms with Crippen molar-refractivity contribution in [1.82, 2.24) is 4.98 Å². The highest BCUT2D eigenvalue weighted by molar-refractivity contribution is 7.13. The summed E-state index contributed by atoms with van der Waals surface area (Å²) >= 11 is 1.37. The molecule has 2 aromatic rings. The van der Waals surface area contributed by atoms with Gasteiger partial charge in [0.25, 0.3) is 0 Å². The number of rotatable bonds is 7. The fourth-order valence-electron chi connectivity index (χ4n) is 1.58. The van der Waals surface area contributed by atoms with Crippen LogP contribution in [0.2, 0.25) is 0 Å². The molecule has 0 saturated heterocycles. The Balaban J connectivity index is 1.71. The molecule has 0 radical (unpaired) electrons. The van der Waals surface area contributed by atoms with Gasteiger partial charge in [0.1, 0.15) is 12.4 Å². The summed E-state index contributed by atoms with van der Waals surface area (Å²) in [6.45, 7) is 3.14. The molecule has 0 aliphatic heterocycles. The van der Waals surface area contributed by atoms with E-state index in [0.717, 1.165) is 5.75 Å². The van der Waals surface area contributed by atoms with Crippen LogP contribution in [0.4, 0.5) is 5.13 Å². The second kappa shape index (κ2) is 6.91. The fraction of sp³-hybridized carbons (Fsp3) is 0.286. The van der Waals surface area contributed by atoms with Crippen LogP contribution in [0, 0.1) is 6.92 Å². The van der Waals surface area contributed by atoms with Crippen LogP contribution in [0.15, 0.2) is 29.6 Å². The first-order chi connectivity index (χ1) is 9.63. The summed E-state index contributed by atoms with van der Waals surface area (Å²) in [5, 5.41) is 15.9. The Morgan fingerprint density at radius 2 is 2.15 bits per heavy atom. The first-order valence-corrected chi connectivity index (χ1v) is 7.09. The van der Waals surface area contributed by atoms with Gasteiger partial charge in [-0.3, -0.25) is 0 Å². The number of carboxylic acid groups (broad SMARTS) is 1. The van der Waals surface area contributed by atoms with Crippen LogP contribution < -0.4 is 15.2 Å². The van der Waals surface area contributed by atoms with Crippen molar-refractivity contribution in [2.24, 2.45) is 0 Å². The van der Waals surface area contributed by atoms with Crippen molar-refractivity contribution in [2.45, 2.75) is 13.3 Å². The minimum absolute atomic E-state index is 0.155. The maximum atomic E-state index is 10.4. The van der Waals surface area contributed by atoms with Crippen molar-refractivity contribution < 1.29 is 14.6 Å². The summed E-state index contributed by atoms with van der Waals surface area (Å²) in [7, 11) is 0. The van der Waals surface area contributed by atoms with Gasteiger partial charge in [-0.25, -0.2) is 4.98 Å². The molecule has 0 saturated carbocycles. The molecule has 5 nitrogen and oxygen atoms in total. The van der Waals surface area contributed by atoms with Crippen molar-refractivity contribution >= 4 is 22.4 Å². The normalized spacial score (nSPS) is 10.2. The van der Waals surface area contributed by atoms with E-state index in [2.05, 4.69) is 10.3 Å². The van der Waals surface area contributed by atoms with Crippen LogP contribution in [0.25, 0.3) is 0 Å². The van der Waals surface area contributed by atoms with Crippen LogP contribution in [0.5, 0.6) is 5.75 Å². The maximum absolute atomic E-state index is 10.4. The second-order valence-corrected chi connectivity index (χ2v) is 5.14. The number of aromatic nitrogens is 1. The molecule has 0 aliphatic carbocycles. The molecular formula is C14H15N2O3S-. The van der Waals surface area contributed by atoms with E-state index in [1.807, 2.05) is 31.2 Å². The van der Waals surface area contributed by atoms with Crippen LogP contribution in [0.3, 0.4) is 0 Å². The number of carbonyl (C=O) groups is 1. The summed E-state index contributed by atoms with van der Waals surface area (Å²) < 4.78 is 5.56. The summed E-state index contributed by atoms with van der Waals surface area (Å²) in [4.78, 5) is 14.6. The lowest BCUT2D eigenvalue weighted by molar-refractivity contribution is -0.304. The first kappa shape index (κ1) is 14.3. The monoisotopic (exact) mass is 291 g/mol. The van der Waals surface area contributed by atoms with Crippen molar-refractivity contribution in [3.05, 3.63) is 40.9 Å². The Morgan fingerprint density at radius 1 is 1.40 bits per heavy atom. The number of aliphatic carboxylic acids is 1. The molecule has 1 heterocycles. The number of anilines is 1. The first-order valence-electron chi connectivity index (χ1n) is 6.21. The van der Waals surface area contributed by atoms with Crippen LogP contribution in [0.1, 0.15) is 11.3 Å². The molecule has 0 bridgehead atoms. The van der Waals surface area contributed by atoms with Crippen molar-refractivity contribution in [3.63, 3.8) is 0 Å². The number of carbonyl (C=O) groups excluding carboxylic acids is 1. The zero-order chi connectivity index (χ0) is 14.4. The standard InChI is InChI=1S/C14H16N2O3S/c1-10-2-4-12(5-3-10)19-7-6-15-14-16-11(9-20-14)8-13(17)18/h2-5,9H,6-8H2,1H3,(H,15,16)(H,17,18)/p-1. The second-order valence-electron chi connectivity index (χ2n) is 4.28. The van der Waals surface area contributed by atoms with Gasteiger partial charge in [-0.2, -0.15) is 0 Å². The zero-order valence-corrected chi connectivity index (χ0v) is 11.9. The topological polar surface area (TPSA) is 74.3 Å². The number of nitrogens with one attached hydrogen (secondary N) is 1. The third-order valence-electron chi connectivity index (χ3n) is 2.55. The quantitative estimate of drug-likeness (QED) is 0.777. The molecule has 1 aromatic carbocycles. The Morgan fingerprint density at radius 3 is 2.85 bits per heavy atom. The molecule has 0 unspecified atom stereocenters. The Hall–Kier alpha value is -2.08. The summed E-state index contributed by atoms with van der Waals surface area (Å²) in [5.74, 6) is -0.293. The summed E-state index contributed by atoms with van der Waals surface area (Å²) in [6.07, 6.45) is -0.155. The molecule has 1 aromatic heterocycles. The minimum atomic E-state index is -1.12. The van der Waals surface area contributed by atoms with E-state index in [0.29, 0.717) is 24.0 Å². The number of ether oxygens (including phenoxy) is 1. The van der Waals surface area contributed by atoms with Gasteiger partial charge in [0.2, 0.25) is 0 Å². The Kier molecular flexibility index (Phi) is 4.95. The van der Waals surface area contributed by atoms with Crippen LogP contribution >= 0.6 is 11.3 Å². The minimum Gasteiger partial charge on any atom is -0.550 e. The molecule has 1 N–H and O–H groups in total. The average molecular weight is 291 g/mol. The van der Waals surface area contributed by atoms with E-state index in [9.17, 15) is 9.90 Å². The number of hydrogen-bond donors (Lipinski definition) is 1. The Labute approximate surface area is 121 Å². The van der Waals surface area contributed by atoms with Crippen LogP contribution in [-0.4, -0.2) is 24.1 Å². The number of hydrogen-bond acceptors (Lipinski definition) is 6. The smallest absolute Gasteiger partial charge is 0.182 e. The van der Waals surface area contributed by atoms with Gasteiger partial charge < -0.3 is 20.0 Å². The molecule has 0 fully saturated rings. The molecule has 20 heavy (non-hydrogen) atoms. The van der Waals surface area contributed by atoms with E-state index in [1.165, 1.54) is 16.9 Å². The fourth-order valence-corrected chi connectivity index (χ4v) is 2.32. The van der Waals surface area contributed by atoms with Gasteiger partial charge in [0.05, 0.1) is 12.2 Å². The molecular weight excluding hydrogens is 276 g/mol. The zero-order valence-electron chi connectivity index (χ0n) is 11.1. The van der Waals surface area contributed by atoms with Gasteiger partial charge in [0.15, 0.2) is 5.13 Å². The molecule has 2 rings (SSSR count). The number of aryl methyl sites for hydroxylation is 1. The predicted octanol–water partition coefficient (Wildman–Crippen LogP) is 1.23. The highest BCUT2D eigenvalue weighted by Gasteiger charge is 2.01. The highest BCUT2D eigenvalue weighted by Crippen LogP contribution is 2.15. The van der Waals surface area contributed by atoms with E-state index < -0.39 is 5.97 Å². The summed E-state index contributed by atoms with van der Waals surface area (Å²) in [5.41, 5.74) is 1.70. The molecule has 0 aliphatic rings. The largest absolute Gasteiger partial charge is 0.550 e. The lowest BCUT2D eigenvalue weighted by Crippen LogP contribution is -2.24. The number of nitrogens with zero attached hydrogens (tertiary/aromatic N) is 1. The summed E-state index contributed by atoms with van der Waals surface area (Å²) in [6, 6.07) is 7.85. The average Bonchev–Trinajstić information content (AvgIpc) is 2.83. The third kappa shape index (κ3) is 4.55. The van der Waals surface area contributed by atoms with Crippen molar-refractivity contribution in [1.29, 1.82) is 0 Å². The van der Waals surface area contributed by atoms with Crippen molar-refractivity contribution in [3.8, 4) is 5.75 Å². The molecule has 6 heteroatoms. The Bertz CT molecular complexity index is 566. The van der Waals surface area contributed by atoms with E-state index >= 15 is 0 Å². The van der Waals surface area contributed by atoms with Gasteiger partial charge in [-0.1, -0.05) is 17.7 Å². The molecule has 0 atom stereocenters. The van der Waals surface area contributed by atoms with Crippen LogP contribution in [-0.2, 0) is 11.2 Å². The third-order valence-corrected chi connectivity index (χ3v) is 3.39. The molecule has 0 spiro atoms. The lowest BCUT2D eigenvalue weighted by Gasteiger charge is -2.06. The number of thiazole rings is 1. The highest BCUT2D eigenvalue weighted by atomic mass is 32.1. The number of carboxylic acids is 1. The number of benzene rings is 1. The van der Waals surface area contributed by atoms with E-state index in [4.69, 9.17) is 4.74 Å². The predicted molar refractivity (Wildman–Crippen MR) is 76.0 cm³/mol.